The second kappa shape index (κ2) is 6.90. The normalized spacial score (nSPS) is 11.7. The Morgan fingerprint density at radius 3 is 2.43 bits per heavy atom. The van der Waals surface area contributed by atoms with Crippen molar-refractivity contribution >= 4 is 23.5 Å². The van der Waals surface area contributed by atoms with Crippen molar-refractivity contribution in [3.05, 3.63) is 70.7 Å². The number of carbonyl (C=O) groups excluding carboxylic acids is 1. The molecule has 0 bridgehead atoms. The fraction of sp³-hybridized carbons (Fsp3) is 0.125. The average Bonchev–Trinajstić information content (AvgIpc) is 2.45. The van der Waals surface area contributed by atoms with Crippen LogP contribution < -0.4 is 11.5 Å². The number of amides is 1. The van der Waals surface area contributed by atoms with Crippen molar-refractivity contribution in [2.45, 2.75) is 12.3 Å². The van der Waals surface area contributed by atoms with E-state index in [1.54, 1.807) is 6.07 Å². The molecule has 5 heteroatoms. The van der Waals surface area contributed by atoms with Crippen LogP contribution in [0.4, 0.5) is 0 Å². The third-order valence-electron chi connectivity index (χ3n) is 3.07. The van der Waals surface area contributed by atoms with Gasteiger partial charge in [0.2, 0.25) is 0 Å². The molecule has 0 aliphatic carbocycles. The fourth-order valence-corrected chi connectivity index (χ4v) is 2.35. The Bertz CT molecular complexity index is 652. The minimum atomic E-state index is -0.438. The molecule has 2 aromatic carbocycles. The SMILES string of the molecule is NC(N)=NC(=O)[C@@H](Cc1cccc(Cl)c1)c1ccccc1. The Balaban J connectivity index is 2.32. The van der Waals surface area contributed by atoms with Gasteiger partial charge in [0.05, 0.1) is 5.92 Å². The van der Waals surface area contributed by atoms with Crippen molar-refractivity contribution in [3.63, 3.8) is 0 Å². The molecule has 1 atom stereocenters. The number of nitrogens with two attached hydrogens (primary N) is 2. The van der Waals surface area contributed by atoms with E-state index in [4.69, 9.17) is 23.1 Å². The maximum absolute atomic E-state index is 12.3. The summed E-state index contributed by atoms with van der Waals surface area (Å²) in [5.74, 6) is -1.03. The average molecular weight is 302 g/mol. The minimum absolute atomic E-state index is 0.230. The van der Waals surface area contributed by atoms with Gasteiger partial charge in [-0.1, -0.05) is 54.1 Å². The Morgan fingerprint density at radius 1 is 1.10 bits per heavy atom. The first-order valence-electron chi connectivity index (χ1n) is 6.49. The molecule has 4 nitrogen and oxygen atoms in total. The number of rotatable bonds is 4. The third-order valence-corrected chi connectivity index (χ3v) is 3.30. The van der Waals surface area contributed by atoms with Gasteiger partial charge in [0.1, 0.15) is 0 Å². The summed E-state index contributed by atoms with van der Waals surface area (Å²) in [4.78, 5) is 15.9. The Morgan fingerprint density at radius 2 is 1.81 bits per heavy atom. The van der Waals surface area contributed by atoms with Crippen LogP contribution in [0.25, 0.3) is 0 Å². The first kappa shape index (κ1) is 15.1. The predicted molar refractivity (Wildman–Crippen MR) is 85.2 cm³/mol. The van der Waals surface area contributed by atoms with E-state index in [0.717, 1.165) is 11.1 Å². The van der Waals surface area contributed by atoms with Crippen LogP contribution in [0, 0.1) is 0 Å². The Labute approximate surface area is 128 Å². The molecular weight excluding hydrogens is 286 g/mol. The van der Waals surface area contributed by atoms with Gasteiger partial charge in [-0.05, 0) is 29.7 Å². The molecule has 0 spiro atoms. The maximum atomic E-state index is 12.3. The molecule has 0 fully saturated rings. The third kappa shape index (κ3) is 4.33. The van der Waals surface area contributed by atoms with Gasteiger partial charge >= 0.3 is 0 Å². The standard InChI is InChI=1S/C16H16ClN3O/c17-13-8-4-5-11(9-13)10-14(15(21)20-16(18)19)12-6-2-1-3-7-12/h1-9,14H,10H2,(H4,18,19,20,21)/t14-/m0/s1. The summed E-state index contributed by atoms with van der Waals surface area (Å²) in [6, 6.07) is 16.8. The smallest absolute Gasteiger partial charge is 0.256 e. The summed E-state index contributed by atoms with van der Waals surface area (Å²) in [5, 5.41) is 0.633. The van der Waals surface area contributed by atoms with Crippen molar-refractivity contribution < 1.29 is 4.79 Å². The molecule has 0 heterocycles. The monoisotopic (exact) mass is 301 g/mol. The van der Waals surface area contributed by atoms with Crippen LogP contribution in [0.2, 0.25) is 5.02 Å². The Hall–Kier alpha value is -2.33. The molecule has 0 aromatic heterocycles. The molecule has 0 saturated heterocycles. The molecule has 4 N–H and O–H groups in total. The lowest BCUT2D eigenvalue weighted by molar-refractivity contribution is -0.119. The Kier molecular flexibility index (Phi) is 4.95. The number of nitrogens with zero attached hydrogens (tertiary/aromatic N) is 1. The predicted octanol–water partition coefficient (Wildman–Crippen LogP) is 2.47. The van der Waals surface area contributed by atoms with Crippen LogP contribution in [0.15, 0.2) is 59.6 Å². The van der Waals surface area contributed by atoms with E-state index in [-0.39, 0.29) is 11.9 Å². The van der Waals surface area contributed by atoms with E-state index in [1.807, 2.05) is 48.5 Å². The van der Waals surface area contributed by atoms with Crippen molar-refractivity contribution in [2.75, 3.05) is 0 Å². The molecule has 2 aromatic rings. The zero-order valence-corrected chi connectivity index (χ0v) is 12.1. The highest BCUT2D eigenvalue weighted by Crippen LogP contribution is 2.24. The van der Waals surface area contributed by atoms with Gasteiger partial charge in [0, 0.05) is 5.02 Å². The number of hydrogen-bond acceptors (Lipinski definition) is 1. The second-order valence-corrected chi connectivity index (χ2v) is 5.11. The largest absolute Gasteiger partial charge is 0.370 e. The summed E-state index contributed by atoms with van der Waals surface area (Å²) in [7, 11) is 0. The first-order chi connectivity index (χ1) is 10.1. The van der Waals surface area contributed by atoms with Crippen molar-refractivity contribution in [1.29, 1.82) is 0 Å². The summed E-state index contributed by atoms with van der Waals surface area (Å²) in [6.45, 7) is 0. The maximum Gasteiger partial charge on any atom is 0.256 e. The zero-order chi connectivity index (χ0) is 15.2. The molecule has 2 rings (SSSR count). The number of carbonyl (C=O) groups is 1. The summed E-state index contributed by atoms with van der Waals surface area (Å²) in [5.41, 5.74) is 12.4. The number of aliphatic imine (C=N–C) groups is 1. The zero-order valence-electron chi connectivity index (χ0n) is 11.4. The molecular formula is C16H16ClN3O. The van der Waals surface area contributed by atoms with Gasteiger partial charge in [-0.2, -0.15) is 4.99 Å². The van der Waals surface area contributed by atoms with Gasteiger partial charge in [-0.3, -0.25) is 4.79 Å². The van der Waals surface area contributed by atoms with Crippen LogP contribution in [-0.4, -0.2) is 11.9 Å². The van der Waals surface area contributed by atoms with Crippen LogP contribution in [0.5, 0.6) is 0 Å². The van der Waals surface area contributed by atoms with Gasteiger partial charge in [-0.25, -0.2) is 0 Å². The highest BCUT2D eigenvalue weighted by atomic mass is 35.5. The van der Waals surface area contributed by atoms with Crippen LogP contribution in [-0.2, 0) is 11.2 Å². The van der Waals surface area contributed by atoms with Crippen LogP contribution in [0.1, 0.15) is 17.0 Å². The van der Waals surface area contributed by atoms with Gasteiger partial charge < -0.3 is 11.5 Å². The summed E-state index contributed by atoms with van der Waals surface area (Å²) in [6.07, 6.45) is 0.486. The lowest BCUT2D eigenvalue weighted by atomic mass is 9.91. The second-order valence-electron chi connectivity index (χ2n) is 4.67. The lowest BCUT2D eigenvalue weighted by Gasteiger charge is -2.14. The number of halogens is 1. The van der Waals surface area contributed by atoms with Crippen LogP contribution in [0.3, 0.4) is 0 Å². The number of hydrogen-bond donors (Lipinski definition) is 2. The van der Waals surface area contributed by atoms with Gasteiger partial charge in [0.25, 0.3) is 5.91 Å². The van der Waals surface area contributed by atoms with E-state index >= 15 is 0 Å². The highest BCUT2D eigenvalue weighted by Gasteiger charge is 2.21. The van der Waals surface area contributed by atoms with Crippen molar-refractivity contribution in [1.82, 2.24) is 0 Å². The quantitative estimate of drug-likeness (QED) is 0.672. The molecule has 0 aliphatic rings. The molecule has 0 unspecified atom stereocenters. The molecule has 1 amide bonds. The van der Waals surface area contributed by atoms with E-state index in [2.05, 4.69) is 4.99 Å². The van der Waals surface area contributed by atoms with E-state index in [9.17, 15) is 4.79 Å². The van der Waals surface area contributed by atoms with E-state index in [1.165, 1.54) is 0 Å². The van der Waals surface area contributed by atoms with E-state index in [0.29, 0.717) is 11.4 Å². The number of guanidine groups is 1. The van der Waals surface area contributed by atoms with Crippen LogP contribution >= 0.6 is 11.6 Å². The minimum Gasteiger partial charge on any atom is -0.370 e. The summed E-state index contributed by atoms with van der Waals surface area (Å²) >= 11 is 5.99. The van der Waals surface area contributed by atoms with Crippen molar-refractivity contribution in [3.8, 4) is 0 Å². The van der Waals surface area contributed by atoms with Gasteiger partial charge in [-0.15, -0.1) is 0 Å². The molecule has 108 valence electrons. The highest BCUT2D eigenvalue weighted by molar-refractivity contribution is 6.30. The first-order valence-corrected chi connectivity index (χ1v) is 6.87. The number of benzene rings is 2. The summed E-state index contributed by atoms with van der Waals surface area (Å²) < 4.78 is 0. The van der Waals surface area contributed by atoms with Gasteiger partial charge in [0.15, 0.2) is 5.96 Å². The molecule has 21 heavy (non-hydrogen) atoms. The topological polar surface area (TPSA) is 81.5 Å². The molecule has 0 aliphatic heterocycles. The van der Waals surface area contributed by atoms with E-state index < -0.39 is 5.92 Å². The molecule has 0 saturated carbocycles. The fourth-order valence-electron chi connectivity index (χ4n) is 2.14. The lowest BCUT2D eigenvalue weighted by Crippen LogP contribution is -2.26. The molecule has 0 radical (unpaired) electrons. The van der Waals surface area contributed by atoms with Crippen molar-refractivity contribution in [2.24, 2.45) is 16.5 Å².